The van der Waals surface area contributed by atoms with Gasteiger partial charge in [-0.25, -0.2) is 0 Å². The van der Waals surface area contributed by atoms with E-state index in [-0.39, 0.29) is 0 Å². The number of rotatable bonds is 3. The van der Waals surface area contributed by atoms with Crippen molar-refractivity contribution in [2.45, 2.75) is 32.2 Å². The van der Waals surface area contributed by atoms with E-state index in [2.05, 4.69) is 37.9 Å². The lowest BCUT2D eigenvalue weighted by molar-refractivity contribution is -0.465. The lowest BCUT2D eigenvalue weighted by atomic mass is 9.89. The van der Waals surface area contributed by atoms with Crippen LogP contribution in [0.4, 0.5) is 5.82 Å². The summed E-state index contributed by atoms with van der Waals surface area (Å²) in [6.45, 7) is 0.654. The third-order valence-electron chi connectivity index (χ3n) is 5.41. The van der Waals surface area contributed by atoms with Crippen LogP contribution in [0, 0.1) is 11.3 Å². The van der Waals surface area contributed by atoms with Gasteiger partial charge in [-0.1, -0.05) is 18.2 Å². The minimum Gasteiger partial charge on any atom is -0.299 e. The van der Waals surface area contributed by atoms with Gasteiger partial charge in [-0.05, 0) is 55.5 Å². The van der Waals surface area contributed by atoms with Crippen molar-refractivity contribution in [3.8, 4) is 6.07 Å². The van der Waals surface area contributed by atoms with Crippen molar-refractivity contribution in [1.82, 2.24) is 9.97 Å². The summed E-state index contributed by atoms with van der Waals surface area (Å²) in [7, 11) is 0. The Balaban J connectivity index is 1.78. The van der Waals surface area contributed by atoms with E-state index in [1.54, 1.807) is 0 Å². The SMILES string of the molecule is N#Cc1c2c(c(NCc3ccccn3)[n+]3c1[nH]c1ccccc13)CCCC2. The molecule has 5 rings (SSSR count). The molecule has 5 heteroatoms. The van der Waals surface area contributed by atoms with Crippen LogP contribution in [0.2, 0.25) is 0 Å². The van der Waals surface area contributed by atoms with Gasteiger partial charge in [-0.15, -0.1) is 0 Å². The van der Waals surface area contributed by atoms with E-state index < -0.39 is 0 Å². The highest BCUT2D eigenvalue weighted by Crippen LogP contribution is 2.31. The molecule has 0 bridgehead atoms. The van der Waals surface area contributed by atoms with E-state index >= 15 is 0 Å². The maximum atomic E-state index is 9.90. The first-order chi connectivity index (χ1) is 13.4. The van der Waals surface area contributed by atoms with Gasteiger partial charge in [0, 0.05) is 11.8 Å². The van der Waals surface area contributed by atoms with Crippen LogP contribution in [0.25, 0.3) is 16.7 Å². The number of nitrogens with one attached hydrogen (secondary N) is 2. The zero-order chi connectivity index (χ0) is 18.2. The smallest absolute Gasteiger partial charge is 0.250 e. The normalized spacial score (nSPS) is 13.4. The van der Waals surface area contributed by atoms with Gasteiger partial charge >= 0.3 is 0 Å². The van der Waals surface area contributed by atoms with Crippen molar-refractivity contribution in [3.05, 3.63) is 71.0 Å². The number of aromatic amines is 1. The van der Waals surface area contributed by atoms with E-state index in [9.17, 15) is 5.26 Å². The molecule has 27 heavy (non-hydrogen) atoms. The summed E-state index contributed by atoms with van der Waals surface area (Å²) in [4.78, 5) is 7.91. The van der Waals surface area contributed by atoms with E-state index in [1.807, 2.05) is 36.5 Å². The van der Waals surface area contributed by atoms with Gasteiger partial charge in [0.2, 0.25) is 11.5 Å². The molecular weight excluding hydrogens is 334 g/mol. The molecule has 0 aliphatic heterocycles. The molecule has 0 atom stereocenters. The van der Waals surface area contributed by atoms with Gasteiger partial charge in [0.15, 0.2) is 0 Å². The first-order valence-electron chi connectivity index (χ1n) is 9.41. The predicted octanol–water partition coefficient (Wildman–Crippen LogP) is 3.66. The first kappa shape index (κ1) is 15.8. The second kappa shape index (κ2) is 6.40. The van der Waals surface area contributed by atoms with Crippen LogP contribution >= 0.6 is 0 Å². The second-order valence-corrected chi connectivity index (χ2v) is 7.00. The molecule has 132 valence electrons. The van der Waals surface area contributed by atoms with Crippen molar-refractivity contribution < 1.29 is 4.40 Å². The minimum atomic E-state index is 0.654. The zero-order valence-electron chi connectivity index (χ0n) is 15.0. The molecule has 0 unspecified atom stereocenters. The minimum absolute atomic E-state index is 0.654. The zero-order valence-corrected chi connectivity index (χ0v) is 15.0. The number of nitrogens with zero attached hydrogens (tertiary/aromatic N) is 3. The van der Waals surface area contributed by atoms with Crippen LogP contribution in [-0.2, 0) is 19.4 Å². The molecule has 3 heterocycles. The third kappa shape index (κ3) is 2.53. The highest BCUT2D eigenvalue weighted by Gasteiger charge is 2.28. The molecule has 5 nitrogen and oxygen atoms in total. The van der Waals surface area contributed by atoms with Crippen molar-refractivity contribution >= 4 is 22.5 Å². The Hall–Kier alpha value is -3.39. The molecule has 4 aromatic rings. The van der Waals surface area contributed by atoms with Crippen molar-refractivity contribution in [2.24, 2.45) is 0 Å². The average Bonchev–Trinajstić information content (AvgIpc) is 3.11. The maximum Gasteiger partial charge on any atom is 0.250 e. The number of hydrogen-bond donors (Lipinski definition) is 2. The summed E-state index contributed by atoms with van der Waals surface area (Å²) < 4.78 is 2.18. The van der Waals surface area contributed by atoms with E-state index in [1.165, 1.54) is 11.1 Å². The first-order valence-corrected chi connectivity index (χ1v) is 9.41. The van der Waals surface area contributed by atoms with Crippen LogP contribution in [0.15, 0.2) is 48.7 Å². The number of H-pyrrole nitrogens is 1. The van der Waals surface area contributed by atoms with Gasteiger partial charge in [0.05, 0.1) is 5.69 Å². The van der Waals surface area contributed by atoms with Crippen LogP contribution in [-0.4, -0.2) is 9.97 Å². The topological polar surface area (TPSA) is 68.6 Å². The van der Waals surface area contributed by atoms with Gasteiger partial charge in [0.1, 0.15) is 29.2 Å². The number of nitriles is 1. The number of fused-ring (bicyclic) bond motifs is 4. The number of hydrogen-bond acceptors (Lipinski definition) is 3. The van der Waals surface area contributed by atoms with E-state index in [4.69, 9.17) is 0 Å². The number of aromatic nitrogens is 3. The van der Waals surface area contributed by atoms with Crippen LogP contribution in [0.5, 0.6) is 0 Å². The Labute approximate surface area is 157 Å². The molecule has 3 aromatic heterocycles. The van der Waals surface area contributed by atoms with Gasteiger partial charge in [0.25, 0.3) is 0 Å². The molecule has 0 radical (unpaired) electrons. The lowest BCUT2D eigenvalue weighted by Gasteiger charge is -2.19. The second-order valence-electron chi connectivity index (χ2n) is 7.00. The summed E-state index contributed by atoms with van der Waals surface area (Å²) in [6.07, 6.45) is 6.07. The Kier molecular flexibility index (Phi) is 3.75. The quantitative estimate of drug-likeness (QED) is 0.552. The summed E-state index contributed by atoms with van der Waals surface area (Å²) in [6, 6.07) is 16.6. The lowest BCUT2D eigenvalue weighted by Crippen LogP contribution is -2.31. The van der Waals surface area contributed by atoms with E-state index in [0.29, 0.717) is 6.54 Å². The molecule has 1 aliphatic carbocycles. The molecule has 1 aromatic carbocycles. The highest BCUT2D eigenvalue weighted by molar-refractivity contribution is 5.78. The van der Waals surface area contributed by atoms with Crippen molar-refractivity contribution in [2.75, 3.05) is 5.32 Å². The largest absolute Gasteiger partial charge is 0.299 e. The number of pyridine rings is 2. The average molecular weight is 354 g/mol. The number of benzene rings is 1. The molecule has 0 saturated heterocycles. The Morgan fingerprint density at radius 2 is 1.89 bits per heavy atom. The van der Waals surface area contributed by atoms with Gasteiger partial charge < -0.3 is 0 Å². The summed E-state index contributed by atoms with van der Waals surface area (Å²) in [5.74, 6) is 1.09. The molecule has 0 amide bonds. The standard InChI is InChI=1S/C22H19N5/c23-13-18-16-8-1-2-9-17(16)21(25-14-15-7-5-6-12-24-15)27-20-11-4-3-10-19(20)26-22(18)27/h3-7,10-12H,1-2,8-9,14H2,(H,25,26)/p+1. The van der Waals surface area contributed by atoms with E-state index in [0.717, 1.165) is 59.4 Å². The fraction of sp³-hybridized carbons (Fsp3) is 0.227. The Morgan fingerprint density at radius 3 is 2.70 bits per heavy atom. The van der Waals surface area contributed by atoms with Crippen LogP contribution in [0.3, 0.4) is 0 Å². The molecule has 2 N–H and O–H groups in total. The van der Waals surface area contributed by atoms with Crippen LogP contribution in [0.1, 0.15) is 35.2 Å². The third-order valence-corrected chi connectivity index (χ3v) is 5.41. The highest BCUT2D eigenvalue weighted by atomic mass is 15.1. The van der Waals surface area contributed by atoms with Crippen molar-refractivity contribution in [3.63, 3.8) is 0 Å². The Morgan fingerprint density at radius 1 is 1.07 bits per heavy atom. The fourth-order valence-corrected chi connectivity index (χ4v) is 4.19. The molecule has 0 spiro atoms. The van der Waals surface area contributed by atoms with Gasteiger partial charge in [-0.3, -0.25) is 15.3 Å². The number of para-hydroxylation sites is 2. The molecule has 0 fully saturated rings. The fourth-order valence-electron chi connectivity index (χ4n) is 4.19. The molecule has 0 saturated carbocycles. The Bertz CT molecular complexity index is 1180. The predicted molar refractivity (Wildman–Crippen MR) is 104 cm³/mol. The number of imidazole rings is 1. The summed E-state index contributed by atoms with van der Waals surface area (Å²) >= 11 is 0. The summed E-state index contributed by atoms with van der Waals surface area (Å²) in [5.41, 5.74) is 7.25. The van der Waals surface area contributed by atoms with Gasteiger partial charge in [-0.2, -0.15) is 9.66 Å². The summed E-state index contributed by atoms with van der Waals surface area (Å²) in [5, 5.41) is 13.5. The monoisotopic (exact) mass is 354 g/mol. The molecular formula is C22H20N5+. The number of anilines is 1. The maximum absolute atomic E-state index is 9.90. The van der Waals surface area contributed by atoms with Crippen molar-refractivity contribution in [1.29, 1.82) is 5.26 Å². The molecule has 1 aliphatic rings. The van der Waals surface area contributed by atoms with Crippen LogP contribution < -0.4 is 9.72 Å².